The van der Waals surface area contributed by atoms with Crippen molar-refractivity contribution in [3.05, 3.63) is 34.2 Å². The number of aliphatic hydroxyl groups is 1. The van der Waals surface area contributed by atoms with E-state index in [2.05, 4.69) is 4.98 Å². The van der Waals surface area contributed by atoms with Gasteiger partial charge in [-0.25, -0.2) is 9.78 Å². The molecule has 0 aliphatic carbocycles. The molecule has 1 aromatic heterocycles. The van der Waals surface area contributed by atoms with Crippen molar-refractivity contribution < 1.29 is 14.6 Å². The molecule has 6 nitrogen and oxygen atoms in total. The van der Waals surface area contributed by atoms with Crippen molar-refractivity contribution >= 4 is 11.5 Å². The van der Waals surface area contributed by atoms with E-state index in [4.69, 9.17) is 9.84 Å². The number of ether oxygens (including phenoxy) is 1. The summed E-state index contributed by atoms with van der Waals surface area (Å²) in [6.07, 6.45) is 3.57. The first-order valence-electron chi connectivity index (χ1n) is 5.79. The van der Waals surface area contributed by atoms with Crippen LogP contribution < -0.4 is 5.56 Å². The predicted molar refractivity (Wildman–Crippen MR) is 64.3 cm³/mol. The molecule has 0 fully saturated rings. The number of hydrogen-bond donors (Lipinski definition) is 1. The first-order valence-corrected chi connectivity index (χ1v) is 5.79. The lowest BCUT2D eigenvalue weighted by Crippen LogP contribution is -2.32. The summed E-state index contributed by atoms with van der Waals surface area (Å²) in [5, 5.41) is 9.08. The number of fused-ring (bicyclic) bond motifs is 1. The van der Waals surface area contributed by atoms with E-state index in [-0.39, 0.29) is 12.2 Å². The Bertz CT molecular complexity index is 560. The maximum atomic E-state index is 12.1. The van der Waals surface area contributed by atoms with Crippen LogP contribution in [-0.4, -0.2) is 27.2 Å². The Morgan fingerprint density at radius 3 is 3.11 bits per heavy atom. The number of rotatable bonds is 2. The second kappa shape index (κ2) is 5.03. The van der Waals surface area contributed by atoms with E-state index in [1.54, 1.807) is 6.92 Å². The number of esters is 1. The van der Waals surface area contributed by atoms with Gasteiger partial charge >= 0.3 is 5.97 Å². The fourth-order valence-electron chi connectivity index (χ4n) is 1.97. The zero-order valence-corrected chi connectivity index (χ0v) is 10.0. The van der Waals surface area contributed by atoms with Crippen molar-refractivity contribution in [1.82, 2.24) is 9.55 Å². The molecule has 0 radical (unpaired) electrons. The first-order chi connectivity index (χ1) is 8.69. The summed E-state index contributed by atoms with van der Waals surface area (Å²) in [7, 11) is 0. The summed E-state index contributed by atoms with van der Waals surface area (Å²) in [6.45, 7) is 2.38. The highest BCUT2D eigenvalue weighted by atomic mass is 16.5. The molecule has 96 valence electrons. The number of aliphatic hydroxyl groups excluding tert-OH is 1. The van der Waals surface area contributed by atoms with Gasteiger partial charge in [0.15, 0.2) is 0 Å². The van der Waals surface area contributed by atoms with E-state index in [1.165, 1.54) is 10.8 Å². The second-order valence-electron chi connectivity index (χ2n) is 3.93. The van der Waals surface area contributed by atoms with Crippen molar-refractivity contribution in [1.29, 1.82) is 0 Å². The quantitative estimate of drug-likeness (QED) is 0.628. The summed E-state index contributed by atoms with van der Waals surface area (Å²) < 4.78 is 6.20. The topological polar surface area (TPSA) is 81.4 Å². The average molecular weight is 250 g/mol. The van der Waals surface area contributed by atoms with Crippen molar-refractivity contribution in [3.8, 4) is 0 Å². The van der Waals surface area contributed by atoms with E-state index in [1.807, 2.05) is 0 Å². The van der Waals surface area contributed by atoms with Crippen LogP contribution >= 0.6 is 0 Å². The summed E-state index contributed by atoms with van der Waals surface area (Å²) in [5.74, 6) is -0.243. The standard InChI is InChI=1S/C12H14N2O4/c1-2-18-12(17)9-6-13-10-8(7-15)4-3-5-14(10)11(9)16/h6-7,15H,2-5H2,1H3. The molecule has 2 rings (SSSR count). The summed E-state index contributed by atoms with van der Waals surface area (Å²) in [4.78, 5) is 27.7. The van der Waals surface area contributed by atoms with Gasteiger partial charge in [-0.05, 0) is 19.8 Å². The largest absolute Gasteiger partial charge is 0.515 e. The van der Waals surface area contributed by atoms with Gasteiger partial charge in [0.1, 0.15) is 11.4 Å². The molecular weight excluding hydrogens is 236 g/mol. The Kier molecular flexibility index (Phi) is 3.45. The second-order valence-corrected chi connectivity index (χ2v) is 3.93. The Morgan fingerprint density at radius 2 is 2.44 bits per heavy atom. The third-order valence-electron chi connectivity index (χ3n) is 2.81. The van der Waals surface area contributed by atoms with Gasteiger partial charge in [0.2, 0.25) is 0 Å². The van der Waals surface area contributed by atoms with Crippen LogP contribution in [0.1, 0.15) is 35.9 Å². The third-order valence-corrected chi connectivity index (χ3v) is 2.81. The number of carbonyl (C=O) groups is 1. The zero-order chi connectivity index (χ0) is 13.1. The molecule has 2 heterocycles. The highest BCUT2D eigenvalue weighted by molar-refractivity contribution is 5.88. The molecular formula is C12H14N2O4. The van der Waals surface area contributed by atoms with Gasteiger partial charge < -0.3 is 9.84 Å². The SMILES string of the molecule is CCOC(=O)c1cnc2n(c1=O)CCCC2=CO. The van der Waals surface area contributed by atoms with Gasteiger partial charge in [-0.2, -0.15) is 0 Å². The van der Waals surface area contributed by atoms with Crippen LogP contribution in [0.2, 0.25) is 0 Å². The molecule has 1 N–H and O–H groups in total. The minimum atomic E-state index is -0.662. The van der Waals surface area contributed by atoms with Crippen LogP contribution in [-0.2, 0) is 11.3 Å². The smallest absolute Gasteiger partial charge is 0.345 e. The highest BCUT2D eigenvalue weighted by Gasteiger charge is 2.21. The summed E-state index contributed by atoms with van der Waals surface area (Å²) >= 11 is 0. The molecule has 1 aromatic rings. The zero-order valence-electron chi connectivity index (χ0n) is 10.0. The van der Waals surface area contributed by atoms with Gasteiger partial charge in [0, 0.05) is 18.3 Å². The van der Waals surface area contributed by atoms with Gasteiger partial charge in [-0.1, -0.05) is 0 Å². The van der Waals surface area contributed by atoms with Crippen LogP contribution in [0.4, 0.5) is 0 Å². The molecule has 0 aromatic carbocycles. The van der Waals surface area contributed by atoms with Gasteiger partial charge in [-0.3, -0.25) is 9.36 Å². The molecule has 1 aliphatic rings. The lowest BCUT2D eigenvalue weighted by atomic mass is 10.1. The van der Waals surface area contributed by atoms with Crippen molar-refractivity contribution in [2.45, 2.75) is 26.3 Å². The number of aromatic nitrogens is 2. The van der Waals surface area contributed by atoms with Crippen LogP contribution in [0.5, 0.6) is 0 Å². The maximum Gasteiger partial charge on any atom is 0.345 e. The molecule has 0 atom stereocenters. The predicted octanol–water partition coefficient (Wildman–Crippen LogP) is 1.11. The fourth-order valence-corrected chi connectivity index (χ4v) is 1.97. The molecule has 0 saturated carbocycles. The number of allylic oxidation sites excluding steroid dienone is 1. The van der Waals surface area contributed by atoms with Crippen LogP contribution in [0.25, 0.3) is 5.57 Å². The molecule has 0 saturated heterocycles. The Balaban J connectivity index is 2.51. The summed E-state index contributed by atoms with van der Waals surface area (Å²) in [6, 6.07) is 0. The minimum absolute atomic E-state index is 0.0696. The van der Waals surface area contributed by atoms with Crippen molar-refractivity contribution in [2.75, 3.05) is 6.61 Å². The van der Waals surface area contributed by atoms with Gasteiger partial charge in [0.05, 0.1) is 12.9 Å². The summed E-state index contributed by atoms with van der Waals surface area (Å²) in [5.41, 5.74) is 0.117. The number of hydrogen-bond acceptors (Lipinski definition) is 5. The maximum absolute atomic E-state index is 12.1. The fraction of sp³-hybridized carbons (Fsp3) is 0.417. The van der Waals surface area contributed by atoms with E-state index in [9.17, 15) is 9.59 Å². The van der Waals surface area contributed by atoms with Gasteiger partial charge in [0.25, 0.3) is 5.56 Å². The molecule has 6 heteroatoms. The van der Waals surface area contributed by atoms with E-state index in [0.29, 0.717) is 24.4 Å². The Hall–Kier alpha value is -2.11. The van der Waals surface area contributed by atoms with Crippen LogP contribution in [0.15, 0.2) is 17.3 Å². The lowest BCUT2D eigenvalue weighted by Gasteiger charge is -2.19. The van der Waals surface area contributed by atoms with E-state index >= 15 is 0 Å². The average Bonchev–Trinajstić information content (AvgIpc) is 2.39. The monoisotopic (exact) mass is 250 g/mol. The molecule has 0 unspecified atom stereocenters. The first kappa shape index (κ1) is 12.3. The van der Waals surface area contributed by atoms with Gasteiger partial charge in [-0.15, -0.1) is 0 Å². The highest BCUT2D eigenvalue weighted by Crippen LogP contribution is 2.22. The minimum Gasteiger partial charge on any atom is -0.515 e. The van der Waals surface area contributed by atoms with E-state index in [0.717, 1.165) is 12.7 Å². The molecule has 1 aliphatic heterocycles. The normalized spacial score (nSPS) is 16.4. The third kappa shape index (κ3) is 2.01. The Labute approximate surface area is 104 Å². The molecule has 0 amide bonds. The van der Waals surface area contributed by atoms with Crippen LogP contribution in [0.3, 0.4) is 0 Å². The van der Waals surface area contributed by atoms with Crippen molar-refractivity contribution in [2.24, 2.45) is 0 Å². The molecule has 0 bridgehead atoms. The van der Waals surface area contributed by atoms with Crippen molar-refractivity contribution in [3.63, 3.8) is 0 Å². The number of nitrogens with zero attached hydrogens (tertiary/aromatic N) is 2. The Morgan fingerprint density at radius 1 is 1.67 bits per heavy atom. The van der Waals surface area contributed by atoms with Crippen LogP contribution in [0, 0.1) is 0 Å². The molecule has 18 heavy (non-hydrogen) atoms. The number of carbonyl (C=O) groups excluding carboxylic acids is 1. The van der Waals surface area contributed by atoms with E-state index < -0.39 is 11.5 Å². The lowest BCUT2D eigenvalue weighted by molar-refractivity contribution is 0.0522. The molecule has 0 spiro atoms.